The maximum Gasteiger partial charge on any atom is 0.243 e. The van der Waals surface area contributed by atoms with Crippen molar-refractivity contribution in [1.82, 2.24) is 14.5 Å². The maximum atomic E-state index is 14.1. The van der Waals surface area contributed by atoms with Crippen LogP contribution in [0.3, 0.4) is 0 Å². The summed E-state index contributed by atoms with van der Waals surface area (Å²) < 4.78 is 42.4. The molecule has 0 saturated carbocycles. The third-order valence-corrected chi connectivity index (χ3v) is 7.87. The number of sulfonamides is 1. The summed E-state index contributed by atoms with van der Waals surface area (Å²) in [6.45, 7) is 4.85. The standard InChI is InChI=1S/C23H31FN4O2S/c1-26-12-14-28(15-13-26)22(17-25-31(29,30)23-8-4-3-7-20(23)24)19-9-10-21-18(16-19)6-5-11-27(21)2/h3-4,7-10,16,22,25H,5-6,11-15,17H2,1-2H3. The summed E-state index contributed by atoms with van der Waals surface area (Å²) in [5.74, 6) is -0.733. The zero-order valence-electron chi connectivity index (χ0n) is 18.2. The van der Waals surface area contributed by atoms with E-state index < -0.39 is 15.8 Å². The van der Waals surface area contributed by atoms with Gasteiger partial charge in [0.2, 0.25) is 10.0 Å². The molecule has 0 bridgehead atoms. The lowest BCUT2D eigenvalue weighted by molar-refractivity contribution is 0.113. The van der Waals surface area contributed by atoms with Crippen molar-refractivity contribution in [2.45, 2.75) is 23.8 Å². The first-order valence-electron chi connectivity index (χ1n) is 10.9. The molecule has 1 atom stereocenters. The molecule has 2 aromatic rings. The van der Waals surface area contributed by atoms with Gasteiger partial charge in [-0.15, -0.1) is 0 Å². The van der Waals surface area contributed by atoms with Gasteiger partial charge in [0.05, 0.1) is 0 Å². The molecule has 6 nitrogen and oxygen atoms in total. The second-order valence-corrected chi connectivity index (χ2v) is 10.3. The van der Waals surface area contributed by atoms with Crippen LogP contribution in [0.4, 0.5) is 10.1 Å². The lowest BCUT2D eigenvalue weighted by Crippen LogP contribution is -2.48. The van der Waals surface area contributed by atoms with E-state index in [1.54, 1.807) is 0 Å². The van der Waals surface area contributed by atoms with E-state index in [0.717, 1.165) is 51.1 Å². The molecule has 2 aromatic carbocycles. The smallest absolute Gasteiger partial charge is 0.243 e. The van der Waals surface area contributed by atoms with Crippen molar-refractivity contribution in [2.75, 3.05) is 58.3 Å². The van der Waals surface area contributed by atoms with Crippen molar-refractivity contribution >= 4 is 15.7 Å². The Kier molecular flexibility index (Phi) is 6.62. The monoisotopic (exact) mass is 446 g/mol. The Morgan fingerprint density at radius 1 is 1.03 bits per heavy atom. The molecule has 1 unspecified atom stereocenters. The first-order chi connectivity index (χ1) is 14.8. The van der Waals surface area contributed by atoms with Crippen molar-refractivity contribution in [3.63, 3.8) is 0 Å². The predicted molar refractivity (Wildman–Crippen MR) is 121 cm³/mol. The van der Waals surface area contributed by atoms with E-state index in [1.165, 1.54) is 35.5 Å². The molecular weight excluding hydrogens is 415 g/mol. The molecule has 168 valence electrons. The minimum Gasteiger partial charge on any atom is -0.374 e. The van der Waals surface area contributed by atoms with Crippen molar-refractivity contribution in [2.24, 2.45) is 0 Å². The van der Waals surface area contributed by atoms with Crippen LogP contribution in [0.15, 0.2) is 47.4 Å². The van der Waals surface area contributed by atoms with Gasteiger partial charge in [-0.3, -0.25) is 4.90 Å². The van der Waals surface area contributed by atoms with Crippen LogP contribution in [0.1, 0.15) is 23.6 Å². The van der Waals surface area contributed by atoms with Crippen molar-refractivity contribution < 1.29 is 12.8 Å². The van der Waals surface area contributed by atoms with Gasteiger partial charge in [-0.25, -0.2) is 17.5 Å². The summed E-state index contributed by atoms with van der Waals surface area (Å²) in [7, 11) is 0.269. The van der Waals surface area contributed by atoms with Crippen LogP contribution in [-0.4, -0.2) is 71.6 Å². The highest BCUT2D eigenvalue weighted by molar-refractivity contribution is 7.89. The SMILES string of the molecule is CN1CCN(C(CNS(=O)(=O)c2ccccc2F)c2ccc3c(c2)CCCN3C)CC1. The van der Waals surface area contributed by atoms with Gasteiger partial charge in [-0.2, -0.15) is 0 Å². The first-order valence-corrected chi connectivity index (χ1v) is 12.3. The molecule has 2 aliphatic rings. The molecule has 4 rings (SSSR count). The van der Waals surface area contributed by atoms with Crippen LogP contribution in [0.25, 0.3) is 0 Å². The van der Waals surface area contributed by atoms with Crippen LogP contribution in [0.2, 0.25) is 0 Å². The fraction of sp³-hybridized carbons (Fsp3) is 0.478. The second kappa shape index (κ2) is 9.24. The van der Waals surface area contributed by atoms with Crippen LogP contribution in [0.5, 0.6) is 0 Å². The van der Waals surface area contributed by atoms with Crippen LogP contribution < -0.4 is 9.62 Å². The summed E-state index contributed by atoms with van der Waals surface area (Å²) in [6.07, 6.45) is 2.15. The highest BCUT2D eigenvalue weighted by atomic mass is 32.2. The number of nitrogens with zero attached hydrogens (tertiary/aromatic N) is 3. The van der Waals surface area contributed by atoms with Gasteiger partial charge in [-0.1, -0.05) is 24.3 Å². The molecule has 0 spiro atoms. The summed E-state index contributed by atoms with van der Waals surface area (Å²) in [4.78, 5) is 6.57. The number of piperazine rings is 1. The summed E-state index contributed by atoms with van der Waals surface area (Å²) in [5.41, 5.74) is 3.66. The minimum atomic E-state index is -3.94. The molecule has 1 saturated heterocycles. The fourth-order valence-corrected chi connectivity index (χ4v) is 5.65. The zero-order valence-corrected chi connectivity index (χ0v) is 19.0. The quantitative estimate of drug-likeness (QED) is 0.739. The number of benzene rings is 2. The molecular formula is C23H31FN4O2S. The van der Waals surface area contributed by atoms with E-state index >= 15 is 0 Å². The molecule has 31 heavy (non-hydrogen) atoms. The lowest BCUT2D eigenvalue weighted by atomic mass is 9.95. The number of hydrogen-bond donors (Lipinski definition) is 1. The van der Waals surface area contributed by atoms with Gasteiger partial charge >= 0.3 is 0 Å². The topological polar surface area (TPSA) is 55.9 Å². The van der Waals surface area contributed by atoms with Gasteiger partial charge in [-0.05, 0) is 49.2 Å². The number of aryl methyl sites for hydroxylation is 1. The Balaban J connectivity index is 1.60. The van der Waals surface area contributed by atoms with Crippen molar-refractivity contribution in [1.29, 1.82) is 0 Å². The molecule has 1 N–H and O–H groups in total. The average Bonchev–Trinajstić information content (AvgIpc) is 2.75. The Morgan fingerprint density at radius 2 is 1.77 bits per heavy atom. The van der Waals surface area contributed by atoms with E-state index in [2.05, 4.69) is 51.7 Å². The average molecular weight is 447 g/mol. The van der Waals surface area contributed by atoms with Gasteiger partial charge in [0.1, 0.15) is 10.7 Å². The maximum absolute atomic E-state index is 14.1. The van der Waals surface area contributed by atoms with Gasteiger partial charge in [0.25, 0.3) is 0 Å². The molecule has 0 aromatic heterocycles. The van der Waals surface area contributed by atoms with Gasteiger partial charge in [0.15, 0.2) is 0 Å². The number of likely N-dealkylation sites (N-methyl/N-ethyl adjacent to an activating group) is 1. The normalized spacial score (nSPS) is 19.3. The van der Waals surface area contributed by atoms with Crippen LogP contribution >= 0.6 is 0 Å². The Hall–Kier alpha value is -2.00. The minimum absolute atomic E-state index is 0.104. The second-order valence-electron chi connectivity index (χ2n) is 8.55. The number of anilines is 1. The van der Waals surface area contributed by atoms with E-state index in [1.807, 2.05) is 0 Å². The van der Waals surface area contributed by atoms with Crippen molar-refractivity contribution in [3.8, 4) is 0 Å². The molecule has 0 radical (unpaired) electrons. The lowest BCUT2D eigenvalue weighted by Gasteiger charge is -2.39. The fourth-order valence-electron chi connectivity index (χ4n) is 4.53. The number of rotatable bonds is 6. The molecule has 8 heteroatoms. The molecule has 1 fully saturated rings. The van der Waals surface area contributed by atoms with Crippen LogP contribution in [-0.2, 0) is 16.4 Å². The highest BCUT2D eigenvalue weighted by Gasteiger charge is 2.28. The third kappa shape index (κ3) is 4.92. The molecule has 2 aliphatic heterocycles. The molecule has 0 amide bonds. The Labute approximate surface area is 184 Å². The zero-order chi connectivity index (χ0) is 22.0. The van der Waals surface area contributed by atoms with Gasteiger partial charge in [0, 0.05) is 58.0 Å². The number of nitrogens with one attached hydrogen (secondary N) is 1. The predicted octanol–water partition coefficient (Wildman–Crippen LogP) is 2.48. The van der Waals surface area contributed by atoms with E-state index in [9.17, 15) is 12.8 Å². The molecule has 2 heterocycles. The molecule has 0 aliphatic carbocycles. The number of hydrogen-bond acceptors (Lipinski definition) is 5. The summed E-state index contributed by atoms with van der Waals surface area (Å²) in [6, 6.07) is 11.9. The third-order valence-electron chi connectivity index (χ3n) is 6.41. The van der Waals surface area contributed by atoms with E-state index in [0.29, 0.717) is 0 Å². The number of halogens is 1. The van der Waals surface area contributed by atoms with E-state index in [4.69, 9.17) is 0 Å². The van der Waals surface area contributed by atoms with Crippen molar-refractivity contribution in [3.05, 3.63) is 59.4 Å². The number of fused-ring (bicyclic) bond motifs is 1. The summed E-state index contributed by atoms with van der Waals surface area (Å²) >= 11 is 0. The largest absolute Gasteiger partial charge is 0.374 e. The Bertz CT molecular complexity index is 1020. The Morgan fingerprint density at radius 3 is 2.52 bits per heavy atom. The highest BCUT2D eigenvalue weighted by Crippen LogP contribution is 2.31. The summed E-state index contributed by atoms with van der Waals surface area (Å²) in [5, 5.41) is 0. The van der Waals surface area contributed by atoms with E-state index in [-0.39, 0.29) is 17.5 Å². The van der Waals surface area contributed by atoms with Crippen LogP contribution in [0, 0.1) is 5.82 Å². The van der Waals surface area contributed by atoms with Gasteiger partial charge < -0.3 is 9.80 Å². The first kappa shape index (κ1) is 22.2.